The molecular formula is C21H21NO4. The van der Waals surface area contributed by atoms with Crippen LogP contribution in [0.3, 0.4) is 0 Å². The van der Waals surface area contributed by atoms with E-state index in [1.807, 2.05) is 36.4 Å². The van der Waals surface area contributed by atoms with Gasteiger partial charge in [-0.25, -0.2) is 0 Å². The van der Waals surface area contributed by atoms with Gasteiger partial charge < -0.3 is 19.1 Å². The summed E-state index contributed by atoms with van der Waals surface area (Å²) in [5, 5.41) is 0. The number of carbonyl (C=O) groups excluding carboxylic acids is 1. The van der Waals surface area contributed by atoms with Crippen molar-refractivity contribution in [1.29, 1.82) is 0 Å². The summed E-state index contributed by atoms with van der Waals surface area (Å²) in [6, 6.07) is 11.8. The molecule has 0 fully saturated rings. The Kier molecular flexibility index (Phi) is 4.52. The van der Waals surface area contributed by atoms with Gasteiger partial charge in [-0.2, -0.15) is 0 Å². The zero-order valence-electron chi connectivity index (χ0n) is 14.7. The van der Waals surface area contributed by atoms with E-state index in [9.17, 15) is 4.79 Å². The molecule has 1 amide bonds. The molecule has 0 N–H and O–H groups in total. The summed E-state index contributed by atoms with van der Waals surface area (Å²) in [6.07, 6.45) is 4.38. The first kappa shape index (κ1) is 16.5. The maximum atomic E-state index is 12.4. The fraction of sp³-hybridized carbons (Fsp3) is 0.286. The first-order valence-electron chi connectivity index (χ1n) is 8.76. The molecule has 5 heteroatoms. The molecular weight excluding hydrogens is 330 g/mol. The van der Waals surface area contributed by atoms with Crippen molar-refractivity contribution in [3.63, 3.8) is 0 Å². The van der Waals surface area contributed by atoms with Gasteiger partial charge in [0.15, 0.2) is 11.5 Å². The molecule has 2 aliphatic heterocycles. The van der Waals surface area contributed by atoms with Crippen LogP contribution in [0.15, 0.2) is 42.5 Å². The van der Waals surface area contributed by atoms with Crippen LogP contribution in [0.25, 0.3) is 6.08 Å². The van der Waals surface area contributed by atoms with E-state index in [1.165, 1.54) is 5.56 Å². The normalized spacial score (nSPS) is 14.8. The highest BCUT2D eigenvalue weighted by atomic mass is 16.6. The Balaban J connectivity index is 1.40. The van der Waals surface area contributed by atoms with Crippen LogP contribution in [0, 0.1) is 0 Å². The summed E-state index contributed by atoms with van der Waals surface area (Å²) in [4.78, 5) is 14.1. The second-order valence-corrected chi connectivity index (χ2v) is 6.47. The molecule has 2 aromatic carbocycles. The van der Waals surface area contributed by atoms with Crippen LogP contribution in [0.5, 0.6) is 17.2 Å². The lowest BCUT2D eigenvalue weighted by Gasteiger charge is -2.20. The molecule has 0 aliphatic carbocycles. The molecule has 134 valence electrons. The molecule has 0 unspecified atom stereocenters. The molecule has 0 radical (unpaired) electrons. The van der Waals surface area contributed by atoms with Gasteiger partial charge in [0.2, 0.25) is 5.91 Å². The van der Waals surface area contributed by atoms with E-state index in [4.69, 9.17) is 14.2 Å². The molecule has 2 aliphatic rings. The Morgan fingerprint density at radius 2 is 1.77 bits per heavy atom. The highest BCUT2D eigenvalue weighted by molar-refractivity contribution is 5.91. The van der Waals surface area contributed by atoms with E-state index >= 15 is 0 Å². The van der Waals surface area contributed by atoms with E-state index < -0.39 is 0 Å². The maximum absolute atomic E-state index is 12.4. The third-order valence-electron chi connectivity index (χ3n) is 4.53. The van der Waals surface area contributed by atoms with Crippen LogP contribution in [0.4, 0.5) is 0 Å². The van der Waals surface area contributed by atoms with Crippen LogP contribution < -0.4 is 14.2 Å². The summed E-state index contributed by atoms with van der Waals surface area (Å²) < 4.78 is 16.6. The third-order valence-corrected chi connectivity index (χ3v) is 4.53. The van der Waals surface area contributed by atoms with Crippen LogP contribution >= 0.6 is 0 Å². The Morgan fingerprint density at radius 1 is 1.00 bits per heavy atom. The average molecular weight is 351 g/mol. The summed E-state index contributed by atoms with van der Waals surface area (Å²) in [6.45, 7) is 2.38. The maximum Gasteiger partial charge on any atom is 0.246 e. The van der Waals surface area contributed by atoms with Crippen LogP contribution in [0.1, 0.15) is 16.7 Å². The Hall–Kier alpha value is -2.95. The fourth-order valence-corrected chi connectivity index (χ4v) is 3.14. The van der Waals surface area contributed by atoms with E-state index in [0.29, 0.717) is 19.8 Å². The summed E-state index contributed by atoms with van der Waals surface area (Å²) in [5.74, 6) is 2.40. The van der Waals surface area contributed by atoms with Crippen molar-refractivity contribution in [2.45, 2.75) is 13.0 Å². The summed E-state index contributed by atoms with van der Waals surface area (Å²) in [7, 11) is 1.79. The number of hydrogen-bond donors (Lipinski definition) is 0. The molecule has 2 heterocycles. The van der Waals surface area contributed by atoms with Crippen molar-refractivity contribution in [1.82, 2.24) is 4.90 Å². The number of fused-ring (bicyclic) bond motifs is 2. The Bertz CT molecular complexity index is 859. The highest BCUT2D eigenvalue weighted by Crippen LogP contribution is 2.31. The lowest BCUT2D eigenvalue weighted by molar-refractivity contribution is -0.125. The van der Waals surface area contributed by atoms with Gasteiger partial charge >= 0.3 is 0 Å². The minimum atomic E-state index is -0.0448. The molecule has 2 aromatic rings. The molecule has 0 aromatic heterocycles. The third kappa shape index (κ3) is 3.52. The van der Waals surface area contributed by atoms with Gasteiger partial charge in [0.05, 0.1) is 6.61 Å². The van der Waals surface area contributed by atoms with E-state index in [1.54, 1.807) is 18.0 Å². The fourth-order valence-electron chi connectivity index (χ4n) is 3.14. The quantitative estimate of drug-likeness (QED) is 0.795. The monoisotopic (exact) mass is 351 g/mol. The van der Waals surface area contributed by atoms with Gasteiger partial charge in [-0.05, 0) is 47.0 Å². The minimum Gasteiger partial charge on any atom is -0.493 e. The van der Waals surface area contributed by atoms with E-state index in [2.05, 4.69) is 6.07 Å². The van der Waals surface area contributed by atoms with E-state index in [-0.39, 0.29) is 5.91 Å². The van der Waals surface area contributed by atoms with Crippen molar-refractivity contribution in [3.8, 4) is 17.2 Å². The lowest BCUT2D eigenvalue weighted by atomic mass is 10.1. The first-order chi connectivity index (χ1) is 12.7. The van der Waals surface area contributed by atoms with Crippen molar-refractivity contribution in [2.75, 3.05) is 26.9 Å². The molecule has 0 atom stereocenters. The Labute approximate surface area is 152 Å². The van der Waals surface area contributed by atoms with Gasteiger partial charge in [0.25, 0.3) is 0 Å². The summed E-state index contributed by atoms with van der Waals surface area (Å²) >= 11 is 0. The number of nitrogens with zero attached hydrogens (tertiary/aromatic N) is 1. The number of likely N-dealkylation sites (N-methyl/N-ethyl adjacent to an activating group) is 1. The second-order valence-electron chi connectivity index (χ2n) is 6.47. The van der Waals surface area contributed by atoms with Crippen LogP contribution in [-0.2, 0) is 17.8 Å². The van der Waals surface area contributed by atoms with Crippen molar-refractivity contribution < 1.29 is 19.0 Å². The predicted octanol–water partition coefficient (Wildman–Crippen LogP) is 3.06. The summed E-state index contributed by atoms with van der Waals surface area (Å²) in [5.41, 5.74) is 3.22. The number of ether oxygens (including phenoxy) is 3. The number of amides is 1. The minimum absolute atomic E-state index is 0.0448. The zero-order chi connectivity index (χ0) is 17.9. The average Bonchev–Trinajstić information content (AvgIpc) is 3.13. The molecule has 0 bridgehead atoms. The van der Waals surface area contributed by atoms with Gasteiger partial charge in [0, 0.05) is 26.1 Å². The van der Waals surface area contributed by atoms with E-state index in [0.717, 1.165) is 41.4 Å². The van der Waals surface area contributed by atoms with Gasteiger partial charge in [-0.15, -0.1) is 0 Å². The molecule has 26 heavy (non-hydrogen) atoms. The largest absolute Gasteiger partial charge is 0.493 e. The predicted molar refractivity (Wildman–Crippen MR) is 98.6 cm³/mol. The number of benzene rings is 2. The molecule has 0 saturated carbocycles. The smallest absolute Gasteiger partial charge is 0.246 e. The molecule has 0 saturated heterocycles. The standard InChI is InChI=1S/C21H21NO4/c1-22(14-16-3-6-19-20(13-16)26-11-10-25-19)21(23)7-4-15-2-5-18-17(12-15)8-9-24-18/h2-7,12-13H,8-11,14H2,1H3/b7-4+. The van der Waals surface area contributed by atoms with Crippen molar-refractivity contribution >= 4 is 12.0 Å². The van der Waals surface area contributed by atoms with Crippen molar-refractivity contribution in [3.05, 3.63) is 59.2 Å². The Morgan fingerprint density at radius 3 is 2.65 bits per heavy atom. The molecule has 4 rings (SSSR count). The second kappa shape index (κ2) is 7.12. The van der Waals surface area contributed by atoms with Crippen LogP contribution in [-0.4, -0.2) is 37.7 Å². The molecule has 5 nitrogen and oxygen atoms in total. The SMILES string of the molecule is CN(Cc1ccc2c(c1)OCCO2)C(=O)/C=C/c1ccc2c(c1)CCO2. The topological polar surface area (TPSA) is 48.0 Å². The first-order valence-corrected chi connectivity index (χ1v) is 8.76. The highest BCUT2D eigenvalue weighted by Gasteiger charge is 2.14. The molecule has 0 spiro atoms. The zero-order valence-corrected chi connectivity index (χ0v) is 14.7. The number of rotatable bonds is 4. The number of carbonyl (C=O) groups is 1. The van der Waals surface area contributed by atoms with Gasteiger partial charge in [-0.1, -0.05) is 12.1 Å². The van der Waals surface area contributed by atoms with Crippen LogP contribution in [0.2, 0.25) is 0 Å². The lowest BCUT2D eigenvalue weighted by Crippen LogP contribution is -2.24. The van der Waals surface area contributed by atoms with Gasteiger partial charge in [0.1, 0.15) is 19.0 Å². The number of hydrogen-bond acceptors (Lipinski definition) is 4. The van der Waals surface area contributed by atoms with Gasteiger partial charge in [-0.3, -0.25) is 4.79 Å². The van der Waals surface area contributed by atoms with Crippen molar-refractivity contribution in [2.24, 2.45) is 0 Å².